The molecule has 0 saturated carbocycles. The molecular weight excluding hydrogens is 445 g/mol. The van der Waals surface area contributed by atoms with E-state index in [1.807, 2.05) is 0 Å². The van der Waals surface area contributed by atoms with Crippen molar-refractivity contribution < 1.29 is 35.9 Å². The van der Waals surface area contributed by atoms with Gasteiger partial charge in [-0.25, -0.2) is 13.2 Å². The topological polar surface area (TPSA) is 69.7 Å². The molecule has 2 aromatic rings. The van der Waals surface area contributed by atoms with Crippen molar-refractivity contribution in [3.63, 3.8) is 0 Å². The zero-order valence-electron chi connectivity index (χ0n) is 15.8. The normalized spacial score (nSPS) is 19.7. The lowest BCUT2D eigenvalue weighted by Gasteiger charge is -2.27. The van der Waals surface area contributed by atoms with Crippen molar-refractivity contribution in [3.8, 4) is 5.75 Å². The lowest BCUT2D eigenvalue weighted by Crippen LogP contribution is -2.33. The quantitative estimate of drug-likeness (QED) is 0.599. The molecule has 0 bridgehead atoms. The fourth-order valence-corrected chi connectivity index (χ4v) is 3.93. The van der Waals surface area contributed by atoms with Gasteiger partial charge in [0.25, 0.3) is 0 Å². The van der Waals surface area contributed by atoms with Gasteiger partial charge in [-0.05, 0) is 48.9 Å². The van der Waals surface area contributed by atoms with Gasteiger partial charge >= 0.3 is 12.1 Å². The Labute approximate surface area is 176 Å². The molecule has 0 aromatic heterocycles. The maximum atomic E-state index is 13.2. The van der Waals surface area contributed by atoms with Gasteiger partial charge in [0.2, 0.25) is 5.76 Å². The highest BCUT2D eigenvalue weighted by atomic mass is 35.5. The summed E-state index contributed by atoms with van der Waals surface area (Å²) >= 11 is 5.82. The molecule has 0 spiro atoms. The SMILES string of the molecule is CC1(CC(F)(F)F)OC(=O)C(Oc2ccc(Cl)cc2)=C1c1ccc(S(C)(=O)=O)cc1. The minimum atomic E-state index is -4.64. The number of esters is 1. The Kier molecular flexibility index (Phi) is 5.64. The van der Waals surface area contributed by atoms with Crippen LogP contribution in [0.4, 0.5) is 13.2 Å². The molecular formula is C20H16ClF3O5S. The summed E-state index contributed by atoms with van der Waals surface area (Å²) in [5, 5.41) is 0.406. The molecule has 0 amide bonds. The van der Waals surface area contributed by atoms with Crippen molar-refractivity contribution >= 4 is 33.0 Å². The molecule has 1 aliphatic heterocycles. The number of cyclic esters (lactones) is 1. The number of hydrogen-bond donors (Lipinski definition) is 0. The molecule has 1 unspecified atom stereocenters. The lowest BCUT2D eigenvalue weighted by molar-refractivity contribution is -0.176. The summed E-state index contributed by atoms with van der Waals surface area (Å²) in [4.78, 5) is 12.4. The Hall–Kier alpha value is -2.52. The van der Waals surface area contributed by atoms with Gasteiger partial charge < -0.3 is 9.47 Å². The molecule has 0 fully saturated rings. The molecule has 160 valence electrons. The Morgan fingerprint density at radius 3 is 2.13 bits per heavy atom. The first kappa shape index (κ1) is 22.2. The highest BCUT2D eigenvalue weighted by Crippen LogP contribution is 2.46. The second kappa shape index (κ2) is 7.63. The smallest absolute Gasteiger partial charge is 0.393 e. The average Bonchev–Trinajstić information content (AvgIpc) is 2.84. The third-order valence-electron chi connectivity index (χ3n) is 4.40. The van der Waals surface area contributed by atoms with Crippen molar-refractivity contribution in [1.29, 1.82) is 0 Å². The van der Waals surface area contributed by atoms with Gasteiger partial charge in [-0.2, -0.15) is 13.2 Å². The van der Waals surface area contributed by atoms with Crippen LogP contribution in [-0.4, -0.2) is 32.4 Å². The first-order chi connectivity index (χ1) is 13.8. The van der Waals surface area contributed by atoms with E-state index in [0.717, 1.165) is 13.2 Å². The van der Waals surface area contributed by atoms with Gasteiger partial charge in [0.1, 0.15) is 11.4 Å². The minimum absolute atomic E-state index is 0.0187. The number of ether oxygens (including phenoxy) is 2. The van der Waals surface area contributed by atoms with E-state index in [9.17, 15) is 26.4 Å². The van der Waals surface area contributed by atoms with Crippen LogP contribution in [0.5, 0.6) is 5.75 Å². The summed E-state index contributed by atoms with van der Waals surface area (Å²) in [7, 11) is -3.52. The molecule has 0 aliphatic carbocycles. The van der Waals surface area contributed by atoms with Gasteiger partial charge in [0.05, 0.1) is 16.9 Å². The maximum Gasteiger partial charge on any atom is 0.393 e. The van der Waals surface area contributed by atoms with E-state index < -0.39 is 39.8 Å². The fourth-order valence-electron chi connectivity index (χ4n) is 3.17. The van der Waals surface area contributed by atoms with E-state index >= 15 is 0 Å². The number of carbonyl (C=O) groups is 1. The molecule has 0 N–H and O–H groups in total. The monoisotopic (exact) mass is 460 g/mol. The lowest BCUT2D eigenvalue weighted by atomic mass is 9.87. The van der Waals surface area contributed by atoms with Crippen molar-refractivity contribution in [2.75, 3.05) is 6.26 Å². The van der Waals surface area contributed by atoms with Gasteiger partial charge in [0.15, 0.2) is 9.84 Å². The maximum absolute atomic E-state index is 13.2. The first-order valence-electron chi connectivity index (χ1n) is 8.57. The summed E-state index contributed by atoms with van der Waals surface area (Å²) in [5.41, 5.74) is -2.01. The van der Waals surface area contributed by atoms with Crippen molar-refractivity contribution in [3.05, 3.63) is 64.9 Å². The summed E-state index contributed by atoms with van der Waals surface area (Å²) < 4.78 is 73.8. The van der Waals surface area contributed by atoms with E-state index in [0.29, 0.717) is 5.02 Å². The highest BCUT2D eigenvalue weighted by molar-refractivity contribution is 7.90. The number of carbonyl (C=O) groups excluding carboxylic acids is 1. The van der Waals surface area contributed by atoms with Crippen molar-refractivity contribution in [2.24, 2.45) is 0 Å². The van der Waals surface area contributed by atoms with Crippen LogP contribution in [0.15, 0.2) is 59.2 Å². The number of sulfone groups is 1. The van der Waals surface area contributed by atoms with E-state index in [1.165, 1.54) is 48.5 Å². The second-order valence-corrected chi connectivity index (χ2v) is 9.42. The predicted octanol–water partition coefficient (Wildman–Crippen LogP) is 4.80. The zero-order chi connectivity index (χ0) is 22.3. The molecule has 30 heavy (non-hydrogen) atoms. The van der Waals surface area contributed by atoms with E-state index in [2.05, 4.69) is 0 Å². The summed E-state index contributed by atoms with van der Waals surface area (Å²) in [5.74, 6) is -1.29. The molecule has 0 radical (unpaired) electrons. The number of benzene rings is 2. The average molecular weight is 461 g/mol. The second-order valence-electron chi connectivity index (χ2n) is 6.97. The molecule has 1 atom stereocenters. The number of rotatable bonds is 5. The molecule has 5 nitrogen and oxygen atoms in total. The molecule has 2 aromatic carbocycles. The van der Waals surface area contributed by atoms with Crippen LogP contribution in [-0.2, 0) is 19.4 Å². The van der Waals surface area contributed by atoms with E-state index in [1.54, 1.807) is 0 Å². The van der Waals surface area contributed by atoms with Crippen LogP contribution in [0, 0.1) is 0 Å². The highest BCUT2D eigenvalue weighted by Gasteiger charge is 2.52. The van der Waals surface area contributed by atoms with Gasteiger partial charge in [-0.1, -0.05) is 23.7 Å². The first-order valence-corrected chi connectivity index (χ1v) is 10.8. The zero-order valence-corrected chi connectivity index (χ0v) is 17.4. The number of hydrogen-bond acceptors (Lipinski definition) is 5. The summed E-state index contributed by atoms with van der Waals surface area (Å²) in [6.45, 7) is 1.14. The third kappa shape index (κ3) is 4.79. The Morgan fingerprint density at radius 1 is 1.07 bits per heavy atom. The van der Waals surface area contributed by atoms with E-state index in [4.69, 9.17) is 21.1 Å². The summed E-state index contributed by atoms with van der Waals surface area (Å²) in [6.07, 6.45) is -5.07. The standard InChI is InChI=1S/C20H16ClF3O5S/c1-19(11-20(22,23)24)16(12-3-9-15(10-4-12)30(2,26)27)17(18(25)29-19)28-14-7-5-13(21)6-8-14/h3-10H,11H2,1-2H3. The molecule has 10 heteroatoms. The Balaban J connectivity index is 2.14. The number of halogens is 4. The van der Waals surface area contributed by atoms with Gasteiger partial charge in [-0.3, -0.25) is 0 Å². The van der Waals surface area contributed by atoms with Crippen LogP contribution in [0.1, 0.15) is 18.9 Å². The molecule has 0 saturated heterocycles. The Bertz CT molecular complexity index is 1110. The Morgan fingerprint density at radius 2 is 1.63 bits per heavy atom. The van der Waals surface area contributed by atoms with Crippen LogP contribution in [0.3, 0.4) is 0 Å². The van der Waals surface area contributed by atoms with Gasteiger partial charge in [0, 0.05) is 11.3 Å². The van der Waals surface area contributed by atoms with Crippen LogP contribution in [0.2, 0.25) is 5.02 Å². The number of alkyl halides is 3. The third-order valence-corrected chi connectivity index (χ3v) is 5.78. The largest absolute Gasteiger partial charge is 0.449 e. The van der Waals surface area contributed by atoms with Crippen LogP contribution < -0.4 is 4.74 Å². The van der Waals surface area contributed by atoms with Gasteiger partial charge in [-0.15, -0.1) is 0 Å². The molecule has 1 aliphatic rings. The summed E-state index contributed by atoms with van der Waals surface area (Å²) in [6, 6.07) is 11.0. The molecule has 1 heterocycles. The van der Waals surface area contributed by atoms with Crippen molar-refractivity contribution in [2.45, 2.75) is 30.0 Å². The fraction of sp³-hybridized carbons (Fsp3) is 0.250. The minimum Gasteiger partial charge on any atom is -0.449 e. The molecule has 3 rings (SSSR count). The van der Waals surface area contributed by atoms with E-state index in [-0.39, 0.29) is 21.8 Å². The predicted molar refractivity (Wildman–Crippen MR) is 104 cm³/mol. The van der Waals surface area contributed by atoms with Crippen LogP contribution >= 0.6 is 11.6 Å². The van der Waals surface area contributed by atoms with Crippen LogP contribution in [0.25, 0.3) is 5.57 Å². The van der Waals surface area contributed by atoms with Crippen molar-refractivity contribution in [1.82, 2.24) is 0 Å².